The van der Waals surface area contributed by atoms with Gasteiger partial charge in [-0.15, -0.1) is 0 Å². The van der Waals surface area contributed by atoms with Crippen molar-refractivity contribution >= 4 is 12.0 Å². The second kappa shape index (κ2) is 4.41. The number of hydrogen-bond donors (Lipinski definition) is 1. The van der Waals surface area contributed by atoms with Gasteiger partial charge in [0.05, 0.1) is 6.10 Å². The van der Waals surface area contributed by atoms with Crippen LogP contribution in [0.5, 0.6) is 0 Å². The predicted octanol–water partition coefficient (Wildman–Crippen LogP) is 0.905. The highest BCUT2D eigenvalue weighted by Gasteiger charge is 2.42. The lowest BCUT2D eigenvalue weighted by Gasteiger charge is -2.37. The summed E-state index contributed by atoms with van der Waals surface area (Å²) in [4.78, 5) is 24.2. The number of amides is 2. The van der Waals surface area contributed by atoms with Crippen LogP contribution in [-0.4, -0.2) is 40.8 Å². The van der Waals surface area contributed by atoms with E-state index in [0.29, 0.717) is 6.42 Å². The van der Waals surface area contributed by atoms with E-state index < -0.39 is 12.2 Å². The molecule has 2 amide bonds. The molecule has 3 unspecified atom stereocenters. The van der Waals surface area contributed by atoms with Crippen LogP contribution in [0.25, 0.3) is 0 Å². The summed E-state index contributed by atoms with van der Waals surface area (Å²) < 4.78 is 4.71. The Hall–Kier alpha value is -1.10. The molecule has 2 aliphatic rings. The molecule has 2 fully saturated rings. The zero-order valence-corrected chi connectivity index (χ0v) is 9.39. The first-order chi connectivity index (χ1) is 7.63. The smallest absolute Gasteiger partial charge is 0.417 e. The summed E-state index contributed by atoms with van der Waals surface area (Å²) in [6, 6.07) is -0.184. The molecule has 2 rings (SSSR count). The number of rotatable bonds is 2. The Morgan fingerprint density at radius 2 is 2.19 bits per heavy atom. The molecule has 16 heavy (non-hydrogen) atoms. The number of ether oxygens (including phenoxy) is 1. The summed E-state index contributed by atoms with van der Waals surface area (Å²) in [6.45, 7) is 1.89. The second-order valence-corrected chi connectivity index (χ2v) is 4.52. The van der Waals surface area contributed by atoms with Crippen LogP contribution in [0.4, 0.5) is 4.79 Å². The zero-order valence-electron chi connectivity index (χ0n) is 9.39. The molecule has 5 nitrogen and oxygen atoms in total. The van der Waals surface area contributed by atoms with Crippen LogP contribution < -0.4 is 0 Å². The van der Waals surface area contributed by atoms with E-state index in [1.165, 1.54) is 4.90 Å². The largest absolute Gasteiger partial charge is 0.439 e. The van der Waals surface area contributed by atoms with Crippen molar-refractivity contribution in [3.63, 3.8) is 0 Å². The summed E-state index contributed by atoms with van der Waals surface area (Å²) in [5.41, 5.74) is 0. The van der Waals surface area contributed by atoms with Crippen LogP contribution in [0.3, 0.4) is 0 Å². The van der Waals surface area contributed by atoms with E-state index in [-0.39, 0.29) is 24.5 Å². The van der Waals surface area contributed by atoms with Gasteiger partial charge in [-0.05, 0) is 25.2 Å². The maximum atomic E-state index is 11.6. The van der Waals surface area contributed by atoms with Gasteiger partial charge in [0.25, 0.3) is 5.91 Å². The standard InChI is InChI=1S/C11H17NO4/c1-2-7-3-4-8(13)5-9(7)12-10(14)6-16-11(12)15/h7-9,13H,2-6H2,1H3. The molecule has 0 bridgehead atoms. The Kier molecular flexibility index (Phi) is 3.14. The number of aliphatic hydroxyl groups excluding tert-OH is 1. The second-order valence-electron chi connectivity index (χ2n) is 4.52. The molecular weight excluding hydrogens is 210 g/mol. The number of cyclic esters (lactones) is 1. The topological polar surface area (TPSA) is 66.8 Å². The van der Waals surface area contributed by atoms with E-state index in [1.807, 2.05) is 6.92 Å². The predicted molar refractivity (Wildman–Crippen MR) is 55.6 cm³/mol. The average molecular weight is 227 g/mol. The summed E-state index contributed by atoms with van der Waals surface area (Å²) in [5, 5.41) is 9.64. The first-order valence-electron chi connectivity index (χ1n) is 5.80. The lowest BCUT2D eigenvalue weighted by atomic mass is 9.80. The fraction of sp³-hybridized carbons (Fsp3) is 0.818. The van der Waals surface area contributed by atoms with Gasteiger partial charge in [-0.3, -0.25) is 4.79 Å². The van der Waals surface area contributed by atoms with E-state index in [9.17, 15) is 14.7 Å². The number of aliphatic hydroxyl groups is 1. The maximum absolute atomic E-state index is 11.6. The molecule has 0 aromatic carbocycles. The minimum Gasteiger partial charge on any atom is -0.439 e. The van der Waals surface area contributed by atoms with Gasteiger partial charge in [0, 0.05) is 6.04 Å². The van der Waals surface area contributed by atoms with Gasteiger partial charge in [0.15, 0.2) is 6.61 Å². The Bertz CT molecular complexity index is 288. The first kappa shape index (κ1) is 11.4. The van der Waals surface area contributed by atoms with Crippen molar-refractivity contribution in [2.24, 2.45) is 5.92 Å². The van der Waals surface area contributed by atoms with Crippen molar-refractivity contribution < 1.29 is 19.4 Å². The first-order valence-corrected chi connectivity index (χ1v) is 5.80. The van der Waals surface area contributed by atoms with Crippen LogP contribution in [0.15, 0.2) is 0 Å². The lowest BCUT2D eigenvalue weighted by molar-refractivity contribution is -0.129. The van der Waals surface area contributed by atoms with Gasteiger partial charge >= 0.3 is 6.09 Å². The SMILES string of the molecule is CCC1CCC(O)CC1N1C(=O)COC1=O. The summed E-state index contributed by atoms with van der Waals surface area (Å²) in [6.07, 6.45) is 2.05. The molecule has 1 saturated heterocycles. The van der Waals surface area contributed by atoms with Crippen LogP contribution in [0, 0.1) is 5.92 Å². The summed E-state index contributed by atoms with van der Waals surface area (Å²) >= 11 is 0. The Balaban J connectivity index is 2.15. The molecule has 0 aromatic heterocycles. The van der Waals surface area contributed by atoms with Crippen LogP contribution in [0.2, 0.25) is 0 Å². The van der Waals surface area contributed by atoms with E-state index in [0.717, 1.165) is 19.3 Å². The van der Waals surface area contributed by atoms with Gasteiger partial charge in [-0.2, -0.15) is 0 Å². The fourth-order valence-corrected chi connectivity index (χ4v) is 2.67. The van der Waals surface area contributed by atoms with E-state index >= 15 is 0 Å². The molecule has 1 heterocycles. The average Bonchev–Trinajstić information content (AvgIpc) is 2.58. The number of nitrogens with zero attached hydrogens (tertiary/aromatic N) is 1. The van der Waals surface area contributed by atoms with E-state index in [1.54, 1.807) is 0 Å². The van der Waals surface area contributed by atoms with Gasteiger partial charge in [-0.25, -0.2) is 9.69 Å². The molecule has 5 heteroatoms. The van der Waals surface area contributed by atoms with Crippen molar-refractivity contribution in [2.45, 2.75) is 44.8 Å². The Labute approximate surface area is 94.4 Å². The molecule has 1 saturated carbocycles. The van der Waals surface area contributed by atoms with E-state index in [4.69, 9.17) is 4.74 Å². The number of hydrogen-bond acceptors (Lipinski definition) is 4. The summed E-state index contributed by atoms with van der Waals surface area (Å²) in [5.74, 6) is 0.0144. The molecular formula is C11H17NO4. The lowest BCUT2D eigenvalue weighted by Crippen LogP contribution is -2.48. The monoisotopic (exact) mass is 227 g/mol. The molecule has 1 aliphatic heterocycles. The Morgan fingerprint density at radius 3 is 2.75 bits per heavy atom. The molecule has 1 N–H and O–H groups in total. The van der Waals surface area contributed by atoms with Gasteiger partial charge in [0.2, 0.25) is 0 Å². The molecule has 0 radical (unpaired) electrons. The quantitative estimate of drug-likeness (QED) is 0.761. The third-order valence-corrected chi connectivity index (χ3v) is 3.57. The number of carbonyl (C=O) groups excluding carboxylic acids is 2. The highest BCUT2D eigenvalue weighted by Crippen LogP contribution is 2.32. The van der Waals surface area contributed by atoms with Crippen LogP contribution in [0.1, 0.15) is 32.6 Å². The third kappa shape index (κ3) is 1.91. The minimum atomic E-state index is -0.553. The van der Waals surface area contributed by atoms with Crippen molar-refractivity contribution in [1.29, 1.82) is 0 Å². The van der Waals surface area contributed by atoms with E-state index in [2.05, 4.69) is 0 Å². The van der Waals surface area contributed by atoms with Crippen LogP contribution in [-0.2, 0) is 9.53 Å². The molecule has 3 atom stereocenters. The van der Waals surface area contributed by atoms with Gasteiger partial charge < -0.3 is 9.84 Å². The van der Waals surface area contributed by atoms with Crippen molar-refractivity contribution in [1.82, 2.24) is 4.90 Å². The van der Waals surface area contributed by atoms with Gasteiger partial charge in [-0.1, -0.05) is 13.3 Å². The maximum Gasteiger partial charge on any atom is 0.417 e. The Morgan fingerprint density at radius 1 is 1.44 bits per heavy atom. The van der Waals surface area contributed by atoms with Crippen molar-refractivity contribution in [3.8, 4) is 0 Å². The highest BCUT2D eigenvalue weighted by molar-refractivity contribution is 5.98. The molecule has 0 aromatic rings. The molecule has 90 valence electrons. The number of imide groups is 1. The van der Waals surface area contributed by atoms with Crippen LogP contribution >= 0.6 is 0 Å². The minimum absolute atomic E-state index is 0.151. The molecule has 0 spiro atoms. The third-order valence-electron chi connectivity index (χ3n) is 3.57. The van der Waals surface area contributed by atoms with Crippen molar-refractivity contribution in [3.05, 3.63) is 0 Å². The highest BCUT2D eigenvalue weighted by atomic mass is 16.6. The normalized spacial score (nSPS) is 35.4. The van der Waals surface area contributed by atoms with Crippen molar-refractivity contribution in [2.75, 3.05) is 6.61 Å². The fourth-order valence-electron chi connectivity index (χ4n) is 2.67. The summed E-state index contributed by atoms with van der Waals surface area (Å²) in [7, 11) is 0. The molecule has 1 aliphatic carbocycles. The zero-order chi connectivity index (χ0) is 11.7. The number of carbonyl (C=O) groups is 2. The van der Waals surface area contributed by atoms with Gasteiger partial charge in [0.1, 0.15) is 0 Å².